The normalized spacial score (nSPS) is 15.6. The second-order valence-electron chi connectivity index (χ2n) is 5.10. The van der Waals surface area contributed by atoms with Crippen molar-refractivity contribution in [3.05, 3.63) is 70.6 Å². The van der Waals surface area contributed by atoms with Crippen LogP contribution in [0.2, 0.25) is 0 Å². The Morgan fingerprint density at radius 3 is 2.48 bits per heavy atom. The van der Waals surface area contributed by atoms with Gasteiger partial charge in [-0.25, -0.2) is 0 Å². The Morgan fingerprint density at radius 2 is 1.84 bits per heavy atom. The van der Waals surface area contributed by atoms with E-state index in [0.717, 1.165) is 28.1 Å². The van der Waals surface area contributed by atoms with Gasteiger partial charge in [-0.3, -0.25) is 15.0 Å². The lowest BCUT2D eigenvalue weighted by atomic mass is 10.2. The first-order chi connectivity index (χ1) is 12.1. The van der Waals surface area contributed by atoms with Gasteiger partial charge in [0, 0.05) is 5.56 Å². The number of thiocarbonyl (C=S) groups is 1. The van der Waals surface area contributed by atoms with Crippen molar-refractivity contribution >= 4 is 46.2 Å². The van der Waals surface area contributed by atoms with Crippen LogP contribution >= 0.6 is 24.0 Å². The summed E-state index contributed by atoms with van der Waals surface area (Å²) in [5.74, 6) is -0.00230. The molecular weight excluding hydrogens is 356 g/mol. The molecule has 2 amide bonds. The van der Waals surface area contributed by atoms with Crippen molar-refractivity contribution in [1.29, 1.82) is 0 Å². The fourth-order valence-corrected chi connectivity index (χ4v) is 3.35. The van der Waals surface area contributed by atoms with Crippen molar-refractivity contribution in [3.63, 3.8) is 0 Å². The van der Waals surface area contributed by atoms with Gasteiger partial charge in [0.2, 0.25) is 0 Å². The Kier molecular flexibility index (Phi) is 5.16. The van der Waals surface area contributed by atoms with E-state index in [9.17, 15) is 9.59 Å². The van der Waals surface area contributed by atoms with Crippen LogP contribution in [0.25, 0.3) is 6.08 Å². The van der Waals surface area contributed by atoms with Gasteiger partial charge < -0.3 is 4.74 Å². The summed E-state index contributed by atoms with van der Waals surface area (Å²) < 4.78 is 5.40. The van der Waals surface area contributed by atoms with Gasteiger partial charge in [0.15, 0.2) is 4.32 Å². The molecular formula is C18H14N2O3S2. The average Bonchev–Trinajstić information content (AvgIpc) is 2.90. The van der Waals surface area contributed by atoms with Crippen LogP contribution in [0, 0.1) is 0 Å². The largest absolute Gasteiger partial charge is 0.497 e. The van der Waals surface area contributed by atoms with Gasteiger partial charge in [0.1, 0.15) is 5.75 Å². The highest BCUT2D eigenvalue weighted by atomic mass is 32.2. The first-order valence-electron chi connectivity index (χ1n) is 7.36. The van der Waals surface area contributed by atoms with Crippen molar-refractivity contribution in [2.24, 2.45) is 0 Å². The summed E-state index contributed by atoms with van der Waals surface area (Å²) in [6.07, 6.45) is 1.73. The number of hydrazine groups is 1. The molecule has 1 fully saturated rings. The maximum atomic E-state index is 12.5. The standard InChI is InChI=1S/C18H14N2O3S2/c1-23-14-9-7-12(8-10-14)11-15-17(22)20(18(24)25-15)19-16(21)13-5-3-2-4-6-13/h2-11H,1H3,(H,19,21)/b15-11+. The van der Waals surface area contributed by atoms with E-state index in [1.807, 2.05) is 30.3 Å². The maximum Gasteiger partial charge on any atom is 0.285 e. The molecule has 1 aliphatic rings. The highest BCUT2D eigenvalue weighted by Crippen LogP contribution is 2.31. The molecule has 0 aromatic heterocycles. The van der Waals surface area contributed by atoms with E-state index in [1.165, 1.54) is 0 Å². The van der Waals surface area contributed by atoms with Gasteiger partial charge in [-0.2, -0.15) is 5.01 Å². The fraction of sp³-hybridized carbons (Fsp3) is 0.0556. The summed E-state index contributed by atoms with van der Waals surface area (Å²) in [5, 5.41) is 1.10. The number of carbonyl (C=O) groups excluding carboxylic acids is 2. The molecule has 0 saturated carbocycles. The summed E-state index contributed by atoms with van der Waals surface area (Å²) >= 11 is 6.36. The number of nitrogens with zero attached hydrogens (tertiary/aromatic N) is 1. The minimum Gasteiger partial charge on any atom is -0.497 e. The predicted molar refractivity (Wildman–Crippen MR) is 102 cm³/mol. The number of hydrogen-bond donors (Lipinski definition) is 1. The number of thioether (sulfide) groups is 1. The van der Waals surface area contributed by atoms with Gasteiger partial charge >= 0.3 is 0 Å². The molecule has 1 heterocycles. The smallest absolute Gasteiger partial charge is 0.285 e. The first kappa shape index (κ1) is 17.2. The lowest BCUT2D eigenvalue weighted by molar-refractivity contribution is -0.123. The highest BCUT2D eigenvalue weighted by Gasteiger charge is 2.33. The third-order valence-electron chi connectivity index (χ3n) is 3.46. The summed E-state index contributed by atoms with van der Waals surface area (Å²) in [7, 11) is 1.59. The highest BCUT2D eigenvalue weighted by molar-refractivity contribution is 8.26. The van der Waals surface area contributed by atoms with Crippen molar-refractivity contribution in [2.45, 2.75) is 0 Å². The monoisotopic (exact) mass is 370 g/mol. The fourth-order valence-electron chi connectivity index (χ4n) is 2.17. The van der Waals surface area contributed by atoms with E-state index in [1.54, 1.807) is 37.5 Å². The Bertz CT molecular complexity index is 848. The summed E-state index contributed by atoms with van der Waals surface area (Å²) in [6, 6.07) is 16.0. The molecule has 0 radical (unpaired) electrons. The van der Waals surface area contributed by atoms with Crippen LogP contribution in [0.1, 0.15) is 15.9 Å². The number of nitrogens with one attached hydrogen (secondary N) is 1. The quantitative estimate of drug-likeness (QED) is 0.661. The first-order valence-corrected chi connectivity index (χ1v) is 8.59. The zero-order chi connectivity index (χ0) is 17.8. The summed E-state index contributed by atoms with van der Waals surface area (Å²) in [4.78, 5) is 25.2. The number of rotatable bonds is 4. The lowest BCUT2D eigenvalue weighted by Gasteiger charge is -2.15. The molecule has 2 aromatic rings. The number of ether oxygens (including phenoxy) is 1. The predicted octanol–water partition coefficient (Wildman–Crippen LogP) is 3.24. The number of carbonyl (C=O) groups is 2. The molecule has 25 heavy (non-hydrogen) atoms. The van der Waals surface area contributed by atoms with E-state index < -0.39 is 0 Å². The van der Waals surface area contributed by atoms with Crippen LogP contribution in [0.3, 0.4) is 0 Å². The minimum absolute atomic E-state index is 0.286. The van der Waals surface area contributed by atoms with E-state index in [0.29, 0.717) is 10.5 Å². The Balaban J connectivity index is 1.75. The van der Waals surface area contributed by atoms with E-state index >= 15 is 0 Å². The molecule has 1 aliphatic heterocycles. The molecule has 5 nitrogen and oxygen atoms in total. The van der Waals surface area contributed by atoms with Gasteiger partial charge in [-0.05, 0) is 48.1 Å². The minimum atomic E-state index is -0.386. The summed E-state index contributed by atoms with van der Waals surface area (Å²) in [5.41, 5.74) is 3.85. The number of amides is 2. The van der Waals surface area contributed by atoms with Crippen LogP contribution in [0.15, 0.2) is 59.5 Å². The number of benzene rings is 2. The number of hydrogen-bond acceptors (Lipinski definition) is 5. The Labute approximate surface area is 154 Å². The Morgan fingerprint density at radius 1 is 1.16 bits per heavy atom. The molecule has 1 N–H and O–H groups in total. The molecule has 0 aliphatic carbocycles. The van der Waals surface area contributed by atoms with Crippen molar-refractivity contribution in [3.8, 4) is 5.75 Å². The molecule has 3 rings (SSSR count). The van der Waals surface area contributed by atoms with Crippen molar-refractivity contribution in [2.75, 3.05) is 7.11 Å². The average molecular weight is 370 g/mol. The lowest BCUT2D eigenvalue weighted by Crippen LogP contribution is -2.44. The molecule has 126 valence electrons. The third kappa shape index (κ3) is 3.89. The van der Waals surface area contributed by atoms with E-state index in [4.69, 9.17) is 17.0 Å². The van der Waals surface area contributed by atoms with Gasteiger partial charge in [-0.15, -0.1) is 0 Å². The number of methoxy groups -OCH3 is 1. The Hall–Kier alpha value is -2.64. The topological polar surface area (TPSA) is 58.6 Å². The third-order valence-corrected chi connectivity index (χ3v) is 4.76. The van der Waals surface area contributed by atoms with E-state index in [2.05, 4.69) is 5.43 Å². The second kappa shape index (κ2) is 7.50. The SMILES string of the molecule is COc1ccc(/C=C2/SC(=S)N(NC(=O)c3ccccc3)C2=O)cc1. The van der Waals surface area contributed by atoms with Gasteiger partial charge in [0.05, 0.1) is 12.0 Å². The van der Waals surface area contributed by atoms with Crippen LogP contribution in [-0.2, 0) is 4.79 Å². The molecule has 0 spiro atoms. The van der Waals surface area contributed by atoms with Crippen molar-refractivity contribution in [1.82, 2.24) is 10.4 Å². The molecule has 7 heteroatoms. The van der Waals surface area contributed by atoms with Crippen LogP contribution < -0.4 is 10.2 Å². The molecule has 2 aromatic carbocycles. The molecule has 1 saturated heterocycles. The van der Waals surface area contributed by atoms with Gasteiger partial charge in [-0.1, -0.05) is 42.1 Å². The summed E-state index contributed by atoms with van der Waals surface area (Å²) in [6.45, 7) is 0. The van der Waals surface area contributed by atoms with Gasteiger partial charge in [0.25, 0.3) is 11.8 Å². The zero-order valence-corrected chi connectivity index (χ0v) is 14.9. The molecule has 0 bridgehead atoms. The zero-order valence-electron chi connectivity index (χ0n) is 13.3. The van der Waals surface area contributed by atoms with Crippen LogP contribution in [0.5, 0.6) is 5.75 Å². The molecule has 0 unspecified atom stereocenters. The van der Waals surface area contributed by atoms with Crippen LogP contribution in [0.4, 0.5) is 0 Å². The second-order valence-corrected chi connectivity index (χ2v) is 6.77. The maximum absolute atomic E-state index is 12.5. The van der Waals surface area contributed by atoms with Crippen molar-refractivity contribution < 1.29 is 14.3 Å². The van der Waals surface area contributed by atoms with E-state index in [-0.39, 0.29) is 16.1 Å². The molecule has 0 atom stereocenters. The van der Waals surface area contributed by atoms with Crippen LogP contribution in [-0.4, -0.2) is 28.3 Å².